The van der Waals surface area contributed by atoms with Gasteiger partial charge in [-0.15, -0.1) is 0 Å². The molecule has 1 aromatic heterocycles. The van der Waals surface area contributed by atoms with Crippen molar-refractivity contribution in [2.75, 3.05) is 0 Å². The Hall–Kier alpha value is -0.850. The first-order valence-electron chi connectivity index (χ1n) is 7.25. The molecule has 96 valence electrons. The van der Waals surface area contributed by atoms with Crippen LogP contribution in [0.3, 0.4) is 0 Å². The maximum absolute atomic E-state index is 4.05. The van der Waals surface area contributed by atoms with E-state index in [1.54, 1.807) is 0 Å². The summed E-state index contributed by atoms with van der Waals surface area (Å²) in [6.07, 6.45) is 14.7. The third-order valence-corrected chi connectivity index (χ3v) is 3.47. The van der Waals surface area contributed by atoms with Crippen LogP contribution in [0.2, 0.25) is 0 Å². The maximum Gasteiger partial charge on any atom is 0.0270 e. The summed E-state index contributed by atoms with van der Waals surface area (Å²) in [4.78, 5) is 4.05. The molecule has 0 aliphatic heterocycles. The van der Waals surface area contributed by atoms with Gasteiger partial charge in [0.2, 0.25) is 0 Å². The normalized spacial score (nSPS) is 11.0. The molecule has 1 nitrogen and oxygen atoms in total. The zero-order valence-corrected chi connectivity index (χ0v) is 11.5. The molecule has 0 atom stereocenters. The summed E-state index contributed by atoms with van der Waals surface area (Å²) in [7, 11) is 0. The van der Waals surface area contributed by atoms with Crippen molar-refractivity contribution in [3.63, 3.8) is 0 Å². The molecule has 1 aromatic rings. The minimum atomic E-state index is 0.974. The van der Waals surface area contributed by atoms with Crippen LogP contribution in [-0.4, -0.2) is 4.98 Å². The topological polar surface area (TPSA) is 12.9 Å². The van der Waals surface area contributed by atoms with Crippen LogP contribution in [0.4, 0.5) is 0 Å². The Morgan fingerprint density at radius 2 is 1.59 bits per heavy atom. The molecule has 1 heteroatoms. The first kappa shape index (κ1) is 14.2. The zero-order valence-electron chi connectivity index (χ0n) is 11.5. The van der Waals surface area contributed by atoms with Gasteiger partial charge in [-0.05, 0) is 36.5 Å². The third kappa shape index (κ3) is 6.45. The molecule has 0 aliphatic rings. The number of rotatable bonds is 9. The Balaban J connectivity index is 2.13. The van der Waals surface area contributed by atoms with E-state index in [9.17, 15) is 0 Å². The molecule has 0 amide bonds. The van der Waals surface area contributed by atoms with Gasteiger partial charge in [-0.2, -0.15) is 0 Å². The van der Waals surface area contributed by atoms with E-state index in [1.165, 1.54) is 56.9 Å². The average Bonchev–Trinajstić information content (AvgIpc) is 2.36. The Morgan fingerprint density at radius 1 is 0.941 bits per heavy atom. The molecule has 0 saturated heterocycles. The Kier molecular flexibility index (Phi) is 7.70. The lowest BCUT2D eigenvalue weighted by Crippen LogP contribution is -2.00. The first-order chi connectivity index (χ1) is 8.36. The molecule has 0 unspecified atom stereocenters. The number of unbranched alkanes of at least 4 members (excludes halogenated alkanes) is 1. The van der Waals surface area contributed by atoms with Crippen molar-refractivity contribution in [1.82, 2.24) is 4.98 Å². The van der Waals surface area contributed by atoms with Crippen LogP contribution < -0.4 is 0 Å². The Labute approximate surface area is 107 Å². The first-order valence-corrected chi connectivity index (χ1v) is 7.25. The van der Waals surface area contributed by atoms with Crippen molar-refractivity contribution in [1.29, 1.82) is 0 Å². The lowest BCUT2D eigenvalue weighted by molar-refractivity contribution is 0.395. The molecule has 1 heterocycles. The molecule has 0 aliphatic carbocycles. The van der Waals surface area contributed by atoms with Crippen molar-refractivity contribution < 1.29 is 0 Å². The minimum Gasteiger partial charge on any atom is -0.265 e. The predicted molar refractivity (Wildman–Crippen MR) is 75.1 cm³/mol. The van der Waals surface area contributed by atoms with Crippen molar-refractivity contribution in [2.24, 2.45) is 5.92 Å². The van der Waals surface area contributed by atoms with E-state index in [1.807, 2.05) is 12.4 Å². The van der Waals surface area contributed by atoms with Gasteiger partial charge < -0.3 is 0 Å². The Morgan fingerprint density at radius 3 is 2.18 bits per heavy atom. The molecule has 0 fully saturated rings. The van der Waals surface area contributed by atoms with Crippen LogP contribution in [0.5, 0.6) is 0 Å². The van der Waals surface area contributed by atoms with Crippen molar-refractivity contribution >= 4 is 0 Å². The third-order valence-electron chi connectivity index (χ3n) is 3.47. The van der Waals surface area contributed by atoms with Crippen LogP contribution in [-0.2, 0) is 6.42 Å². The van der Waals surface area contributed by atoms with Crippen LogP contribution in [0, 0.1) is 5.92 Å². The van der Waals surface area contributed by atoms with Gasteiger partial charge >= 0.3 is 0 Å². The maximum atomic E-state index is 4.05. The molecule has 0 bridgehead atoms. The van der Waals surface area contributed by atoms with Gasteiger partial charge in [0.15, 0.2) is 0 Å². The summed E-state index contributed by atoms with van der Waals surface area (Å²) < 4.78 is 0. The fraction of sp³-hybridized carbons (Fsp3) is 0.688. The van der Waals surface area contributed by atoms with Gasteiger partial charge in [0.1, 0.15) is 0 Å². The summed E-state index contributed by atoms with van der Waals surface area (Å²) in [5.74, 6) is 0.974. The Bertz CT molecular complexity index is 262. The molecule has 0 saturated carbocycles. The van der Waals surface area contributed by atoms with E-state index in [2.05, 4.69) is 31.0 Å². The van der Waals surface area contributed by atoms with E-state index in [4.69, 9.17) is 0 Å². The highest BCUT2D eigenvalue weighted by molar-refractivity contribution is 5.09. The highest BCUT2D eigenvalue weighted by Gasteiger charge is 2.05. The lowest BCUT2D eigenvalue weighted by Gasteiger charge is -2.14. The highest BCUT2D eigenvalue weighted by Crippen LogP contribution is 2.20. The molecule has 0 N–H and O–H groups in total. The second-order valence-electron chi connectivity index (χ2n) is 5.04. The summed E-state index contributed by atoms with van der Waals surface area (Å²) in [6.45, 7) is 4.61. The SMILES string of the molecule is CCCC(CCC)CCCCc1ccncc1. The number of aryl methyl sites for hydroxylation is 1. The van der Waals surface area contributed by atoms with Crippen LogP contribution in [0.1, 0.15) is 64.4 Å². The van der Waals surface area contributed by atoms with Crippen LogP contribution in [0.15, 0.2) is 24.5 Å². The number of hydrogen-bond donors (Lipinski definition) is 0. The predicted octanol–water partition coefficient (Wildman–Crippen LogP) is 5.01. The second-order valence-corrected chi connectivity index (χ2v) is 5.04. The molecule has 0 radical (unpaired) electrons. The van der Waals surface area contributed by atoms with Gasteiger partial charge in [0.05, 0.1) is 0 Å². The lowest BCUT2D eigenvalue weighted by atomic mass is 9.92. The summed E-state index contributed by atoms with van der Waals surface area (Å²) >= 11 is 0. The van der Waals surface area contributed by atoms with E-state index in [0.29, 0.717) is 0 Å². The van der Waals surface area contributed by atoms with Gasteiger partial charge in [-0.3, -0.25) is 4.98 Å². The summed E-state index contributed by atoms with van der Waals surface area (Å²) in [5, 5.41) is 0. The van der Waals surface area contributed by atoms with Gasteiger partial charge in [0, 0.05) is 12.4 Å². The molecule has 17 heavy (non-hydrogen) atoms. The number of pyridine rings is 1. The standard InChI is InChI=1S/C16H27N/c1-3-7-15(8-4-2)9-5-6-10-16-11-13-17-14-12-16/h11-15H,3-10H2,1-2H3. The molecular formula is C16H27N. The molecule has 0 aromatic carbocycles. The number of nitrogens with zero attached hydrogens (tertiary/aromatic N) is 1. The van der Waals surface area contributed by atoms with Gasteiger partial charge in [0.25, 0.3) is 0 Å². The van der Waals surface area contributed by atoms with Crippen molar-refractivity contribution in [3.05, 3.63) is 30.1 Å². The summed E-state index contributed by atoms with van der Waals surface area (Å²) in [6, 6.07) is 4.27. The van der Waals surface area contributed by atoms with Crippen molar-refractivity contribution in [3.8, 4) is 0 Å². The monoisotopic (exact) mass is 233 g/mol. The molecule has 0 spiro atoms. The smallest absolute Gasteiger partial charge is 0.0270 e. The fourth-order valence-electron chi connectivity index (χ4n) is 2.56. The quantitative estimate of drug-likeness (QED) is 0.546. The van der Waals surface area contributed by atoms with Gasteiger partial charge in [-0.25, -0.2) is 0 Å². The van der Waals surface area contributed by atoms with E-state index >= 15 is 0 Å². The summed E-state index contributed by atoms with van der Waals surface area (Å²) in [5.41, 5.74) is 1.43. The largest absolute Gasteiger partial charge is 0.265 e. The number of aromatic nitrogens is 1. The number of hydrogen-bond acceptors (Lipinski definition) is 1. The van der Waals surface area contributed by atoms with Crippen molar-refractivity contribution in [2.45, 2.75) is 65.2 Å². The molecule has 1 rings (SSSR count). The van der Waals surface area contributed by atoms with E-state index in [-0.39, 0.29) is 0 Å². The van der Waals surface area contributed by atoms with Crippen LogP contribution in [0.25, 0.3) is 0 Å². The average molecular weight is 233 g/mol. The fourth-order valence-corrected chi connectivity index (χ4v) is 2.56. The second kappa shape index (κ2) is 9.21. The zero-order chi connectivity index (χ0) is 12.3. The van der Waals surface area contributed by atoms with E-state index in [0.717, 1.165) is 5.92 Å². The molecular weight excluding hydrogens is 206 g/mol. The minimum absolute atomic E-state index is 0.974. The van der Waals surface area contributed by atoms with E-state index < -0.39 is 0 Å². The van der Waals surface area contributed by atoms with Crippen LogP contribution >= 0.6 is 0 Å². The van der Waals surface area contributed by atoms with Gasteiger partial charge in [-0.1, -0.05) is 52.4 Å². The highest BCUT2D eigenvalue weighted by atomic mass is 14.6.